The molecule has 1 saturated heterocycles. The summed E-state index contributed by atoms with van der Waals surface area (Å²) < 4.78 is 5.29. The normalized spacial score (nSPS) is 18.8. The molecule has 5 heteroatoms. The van der Waals surface area contributed by atoms with Crippen molar-refractivity contribution >= 4 is 22.9 Å². The summed E-state index contributed by atoms with van der Waals surface area (Å²) in [7, 11) is 0. The Morgan fingerprint density at radius 1 is 1.29 bits per heavy atom. The second-order valence-electron chi connectivity index (χ2n) is 6.27. The Morgan fingerprint density at radius 3 is 2.67 bits per heavy atom. The fourth-order valence-electron chi connectivity index (χ4n) is 2.93. The highest BCUT2D eigenvalue weighted by Crippen LogP contribution is 2.33. The lowest BCUT2D eigenvalue weighted by Crippen LogP contribution is -2.35. The van der Waals surface area contributed by atoms with Crippen molar-refractivity contribution in [1.29, 1.82) is 0 Å². The van der Waals surface area contributed by atoms with E-state index in [9.17, 15) is 15.0 Å². The fourth-order valence-corrected chi connectivity index (χ4v) is 2.93. The number of hydrogen-bond acceptors (Lipinski definition) is 4. The summed E-state index contributed by atoms with van der Waals surface area (Å²) in [5.41, 5.74) is 1.44. The number of aromatic nitrogens is 1. The molecule has 1 aromatic carbocycles. The van der Waals surface area contributed by atoms with Gasteiger partial charge in [0.15, 0.2) is 0 Å². The topological polar surface area (TPSA) is 79.7 Å². The van der Waals surface area contributed by atoms with Crippen LogP contribution in [0.25, 0.3) is 17.0 Å². The van der Waals surface area contributed by atoms with Crippen LogP contribution in [0.15, 0.2) is 36.4 Å². The predicted octanol–water partition coefficient (Wildman–Crippen LogP) is 3.18. The summed E-state index contributed by atoms with van der Waals surface area (Å²) in [5.74, 6) is -0.808. The summed E-state index contributed by atoms with van der Waals surface area (Å²) >= 11 is 0. The molecule has 1 aromatic heterocycles. The minimum absolute atomic E-state index is 0.466. The van der Waals surface area contributed by atoms with Crippen LogP contribution in [-0.4, -0.2) is 34.4 Å². The first-order valence-corrected chi connectivity index (χ1v) is 8.09. The number of carboxylic acids is 1. The number of hydrogen-bond donors (Lipinski definition) is 2. The SMILES string of the molecule is C[C@@H](O)c1ccc2ccc(C=CC3(C(=O)O)CCOCC3)cc2n1. The number of nitrogens with zero attached hydrogens (tertiary/aromatic N) is 1. The van der Waals surface area contributed by atoms with Gasteiger partial charge in [-0.3, -0.25) is 9.78 Å². The molecule has 24 heavy (non-hydrogen) atoms. The number of carbonyl (C=O) groups is 1. The zero-order valence-electron chi connectivity index (χ0n) is 13.6. The van der Waals surface area contributed by atoms with Crippen LogP contribution in [-0.2, 0) is 9.53 Å². The third kappa shape index (κ3) is 3.32. The number of aliphatic carboxylic acids is 1. The summed E-state index contributed by atoms with van der Waals surface area (Å²) in [6.45, 7) is 2.61. The van der Waals surface area contributed by atoms with Gasteiger partial charge >= 0.3 is 5.97 Å². The molecule has 2 N–H and O–H groups in total. The zero-order chi connectivity index (χ0) is 17.2. The molecule has 3 rings (SSSR count). The van der Waals surface area contributed by atoms with Gasteiger partial charge in [0.1, 0.15) is 0 Å². The highest BCUT2D eigenvalue weighted by molar-refractivity contribution is 5.82. The van der Waals surface area contributed by atoms with Gasteiger partial charge in [0.2, 0.25) is 0 Å². The molecule has 126 valence electrons. The average molecular weight is 327 g/mol. The van der Waals surface area contributed by atoms with E-state index in [1.807, 2.05) is 36.4 Å². The van der Waals surface area contributed by atoms with Crippen LogP contribution in [0.3, 0.4) is 0 Å². The van der Waals surface area contributed by atoms with Gasteiger partial charge in [-0.1, -0.05) is 30.4 Å². The first kappa shape index (κ1) is 16.6. The van der Waals surface area contributed by atoms with Crippen molar-refractivity contribution < 1.29 is 19.7 Å². The number of carboxylic acid groups (broad SMARTS) is 1. The maximum Gasteiger partial charge on any atom is 0.313 e. The second kappa shape index (κ2) is 6.71. The lowest BCUT2D eigenvalue weighted by Gasteiger charge is -2.30. The maximum absolute atomic E-state index is 11.7. The van der Waals surface area contributed by atoms with E-state index in [1.165, 1.54) is 0 Å². The first-order chi connectivity index (χ1) is 11.5. The Hall–Kier alpha value is -2.24. The van der Waals surface area contributed by atoms with Crippen molar-refractivity contribution in [3.05, 3.63) is 47.7 Å². The van der Waals surface area contributed by atoms with Gasteiger partial charge < -0.3 is 14.9 Å². The molecule has 1 atom stereocenters. The zero-order valence-corrected chi connectivity index (χ0v) is 13.6. The van der Waals surface area contributed by atoms with Crippen LogP contribution in [0.5, 0.6) is 0 Å². The molecule has 0 saturated carbocycles. The van der Waals surface area contributed by atoms with Gasteiger partial charge in [-0.25, -0.2) is 0 Å². The number of fused-ring (bicyclic) bond motifs is 1. The van der Waals surface area contributed by atoms with E-state index in [-0.39, 0.29) is 0 Å². The second-order valence-corrected chi connectivity index (χ2v) is 6.27. The number of pyridine rings is 1. The highest BCUT2D eigenvalue weighted by atomic mass is 16.5. The molecule has 0 amide bonds. The van der Waals surface area contributed by atoms with Crippen molar-refractivity contribution in [2.45, 2.75) is 25.9 Å². The minimum atomic E-state index is -0.859. The molecule has 2 heterocycles. The van der Waals surface area contributed by atoms with Gasteiger partial charge in [-0.2, -0.15) is 0 Å². The lowest BCUT2D eigenvalue weighted by atomic mass is 9.79. The quantitative estimate of drug-likeness (QED) is 0.901. The Kier molecular flexibility index (Phi) is 4.64. The molecule has 1 aliphatic heterocycles. The average Bonchev–Trinajstić information content (AvgIpc) is 2.60. The molecule has 0 radical (unpaired) electrons. The van der Waals surface area contributed by atoms with E-state index < -0.39 is 17.5 Å². The Morgan fingerprint density at radius 2 is 2.00 bits per heavy atom. The van der Waals surface area contributed by atoms with E-state index >= 15 is 0 Å². The monoisotopic (exact) mass is 327 g/mol. The third-order valence-corrected chi connectivity index (χ3v) is 4.57. The predicted molar refractivity (Wildman–Crippen MR) is 91.5 cm³/mol. The van der Waals surface area contributed by atoms with Crippen LogP contribution < -0.4 is 0 Å². The number of ether oxygens (including phenoxy) is 1. The molecule has 0 spiro atoms. The third-order valence-electron chi connectivity index (χ3n) is 4.57. The van der Waals surface area contributed by atoms with E-state index in [1.54, 1.807) is 13.0 Å². The Balaban J connectivity index is 1.92. The summed E-state index contributed by atoms with van der Waals surface area (Å²) in [6, 6.07) is 9.54. The minimum Gasteiger partial charge on any atom is -0.481 e. The molecular formula is C19H21NO4. The van der Waals surface area contributed by atoms with Crippen LogP contribution in [0.2, 0.25) is 0 Å². The summed E-state index contributed by atoms with van der Waals surface area (Å²) in [6.07, 6.45) is 3.96. The number of benzene rings is 1. The van der Waals surface area contributed by atoms with Crippen molar-refractivity contribution in [2.75, 3.05) is 13.2 Å². The molecule has 1 aliphatic rings. The number of aliphatic hydroxyl groups is 1. The largest absolute Gasteiger partial charge is 0.481 e. The van der Waals surface area contributed by atoms with Crippen molar-refractivity contribution in [1.82, 2.24) is 4.98 Å². The van der Waals surface area contributed by atoms with Gasteiger partial charge in [0.25, 0.3) is 0 Å². The smallest absolute Gasteiger partial charge is 0.313 e. The molecule has 5 nitrogen and oxygen atoms in total. The maximum atomic E-state index is 11.7. The van der Waals surface area contributed by atoms with Gasteiger partial charge in [-0.15, -0.1) is 0 Å². The fraction of sp³-hybridized carbons (Fsp3) is 0.368. The van der Waals surface area contributed by atoms with Crippen LogP contribution >= 0.6 is 0 Å². The summed E-state index contributed by atoms with van der Waals surface area (Å²) in [5, 5.41) is 20.2. The Bertz CT molecular complexity index is 776. The van der Waals surface area contributed by atoms with E-state index in [0.29, 0.717) is 31.7 Å². The summed E-state index contributed by atoms with van der Waals surface area (Å²) in [4.78, 5) is 16.1. The van der Waals surface area contributed by atoms with E-state index in [0.717, 1.165) is 16.5 Å². The van der Waals surface area contributed by atoms with Crippen molar-refractivity contribution in [3.63, 3.8) is 0 Å². The number of rotatable bonds is 4. The van der Waals surface area contributed by atoms with Gasteiger partial charge in [-0.05, 0) is 37.5 Å². The van der Waals surface area contributed by atoms with Crippen molar-refractivity contribution in [2.24, 2.45) is 5.41 Å². The van der Waals surface area contributed by atoms with Gasteiger partial charge in [0, 0.05) is 18.6 Å². The first-order valence-electron chi connectivity index (χ1n) is 8.09. The van der Waals surface area contributed by atoms with E-state index in [4.69, 9.17) is 4.74 Å². The Labute approximate surface area is 140 Å². The molecule has 1 fully saturated rings. The molecule has 2 aromatic rings. The van der Waals surface area contributed by atoms with Crippen LogP contribution in [0.4, 0.5) is 0 Å². The van der Waals surface area contributed by atoms with E-state index in [2.05, 4.69) is 4.98 Å². The molecule has 0 unspecified atom stereocenters. The molecule has 0 bridgehead atoms. The lowest BCUT2D eigenvalue weighted by molar-refractivity contribution is -0.150. The standard InChI is InChI=1S/C19H21NO4/c1-13(21)16-5-4-15-3-2-14(12-17(15)20-16)6-7-19(18(22)23)8-10-24-11-9-19/h2-7,12-13,21H,8-11H2,1H3,(H,22,23)/t13-/m1/s1. The van der Waals surface area contributed by atoms with Crippen LogP contribution in [0, 0.1) is 5.41 Å². The van der Waals surface area contributed by atoms with Crippen molar-refractivity contribution in [3.8, 4) is 0 Å². The van der Waals surface area contributed by atoms with Gasteiger partial charge in [0.05, 0.1) is 22.7 Å². The van der Waals surface area contributed by atoms with Crippen LogP contribution in [0.1, 0.15) is 37.1 Å². The highest BCUT2D eigenvalue weighted by Gasteiger charge is 2.37. The molecular weight excluding hydrogens is 306 g/mol. The molecule has 0 aliphatic carbocycles. The number of aliphatic hydroxyl groups excluding tert-OH is 1.